The molecule has 0 unspecified atom stereocenters. The Morgan fingerprint density at radius 1 is 1.04 bits per heavy atom. The quantitative estimate of drug-likeness (QED) is 0.516. The molecule has 2 heterocycles. The van der Waals surface area contributed by atoms with Crippen LogP contribution in [0.1, 0.15) is 5.56 Å². The van der Waals surface area contributed by atoms with Gasteiger partial charge in [0.2, 0.25) is 0 Å². The number of hydrogen-bond acceptors (Lipinski definition) is 10. The van der Waals surface area contributed by atoms with Gasteiger partial charge in [0.25, 0.3) is 11.4 Å². The van der Waals surface area contributed by atoms with Crippen LogP contribution in [0.5, 0.6) is 5.75 Å². The van der Waals surface area contributed by atoms with Crippen LogP contribution in [0.25, 0.3) is 5.65 Å². The van der Waals surface area contributed by atoms with Gasteiger partial charge in [0.15, 0.2) is 5.65 Å². The molecule has 0 bridgehead atoms. The van der Waals surface area contributed by atoms with Crippen molar-refractivity contribution in [3.8, 4) is 5.75 Å². The zero-order valence-corrected chi connectivity index (χ0v) is 13.3. The highest BCUT2D eigenvalue weighted by Gasteiger charge is 2.30. The summed E-state index contributed by atoms with van der Waals surface area (Å²) in [7, 11) is 0. The van der Waals surface area contributed by atoms with Crippen LogP contribution in [0.3, 0.4) is 0 Å². The Hall–Kier alpha value is -4.36. The van der Waals surface area contributed by atoms with E-state index < -0.39 is 43.3 Å². The number of pyridine rings is 1. The van der Waals surface area contributed by atoms with Gasteiger partial charge < -0.3 is 9.63 Å². The summed E-state index contributed by atoms with van der Waals surface area (Å²) in [6, 6.07) is 4.52. The molecule has 0 aliphatic heterocycles. The van der Waals surface area contributed by atoms with Gasteiger partial charge in [-0.15, -0.1) is 0 Å². The molecule has 1 N–H and O–H groups in total. The monoisotopic (exact) mass is 379 g/mol. The summed E-state index contributed by atoms with van der Waals surface area (Å²) in [5.74, 6) is -1.77. The highest BCUT2D eigenvalue weighted by atomic mass is 16.6. The van der Waals surface area contributed by atoms with Gasteiger partial charge >= 0.3 is 17.1 Å². The summed E-state index contributed by atoms with van der Waals surface area (Å²) in [4.78, 5) is 42.0. The Bertz CT molecular complexity index is 1080. The van der Waals surface area contributed by atoms with Gasteiger partial charge in [-0.2, -0.15) is 9.56 Å². The van der Waals surface area contributed by atoms with E-state index in [-0.39, 0.29) is 0 Å². The first-order valence-electron chi connectivity index (χ1n) is 6.86. The maximum atomic E-state index is 10.6. The molecular weight excluding hydrogens is 370 g/mol. The summed E-state index contributed by atoms with van der Waals surface area (Å²) < 4.78 is 6.02. The van der Waals surface area contributed by atoms with Gasteiger partial charge in [0.1, 0.15) is 0 Å². The fraction of sp³-hybridized carbons (Fsp3) is 0.0769. The SMILES string of the molecule is Cc1ccn2oc(=O)nc2c1.O=[N+]([O-])c1cc([N+](=O)[O-])c(O)c([N+](=O)[O-])c1. The van der Waals surface area contributed by atoms with Crippen LogP contribution in [0.4, 0.5) is 17.1 Å². The molecule has 0 spiro atoms. The first-order valence-corrected chi connectivity index (χ1v) is 6.86. The highest BCUT2D eigenvalue weighted by Crippen LogP contribution is 2.38. The minimum atomic E-state index is -1.21. The Labute approximate surface area is 147 Å². The van der Waals surface area contributed by atoms with Crippen molar-refractivity contribution in [3.63, 3.8) is 0 Å². The second-order valence-corrected chi connectivity index (χ2v) is 4.96. The lowest BCUT2D eigenvalue weighted by molar-refractivity contribution is -0.404. The molecule has 0 fully saturated rings. The number of nitrogens with zero attached hydrogens (tertiary/aromatic N) is 5. The molecule has 3 aromatic rings. The predicted octanol–water partition coefficient (Wildman–Crippen LogP) is 1.71. The molecule has 2 aromatic heterocycles. The van der Waals surface area contributed by atoms with E-state index in [0.717, 1.165) is 5.56 Å². The Kier molecular flexibility index (Phi) is 5.10. The second kappa shape index (κ2) is 7.26. The van der Waals surface area contributed by atoms with Crippen LogP contribution >= 0.6 is 0 Å². The van der Waals surface area contributed by atoms with Gasteiger partial charge in [0, 0.05) is 6.20 Å². The number of nitro benzene ring substituents is 3. The number of aromatic nitrogens is 2. The molecule has 0 amide bonds. The van der Waals surface area contributed by atoms with Crippen molar-refractivity contribution in [2.75, 3.05) is 0 Å². The number of fused-ring (bicyclic) bond motifs is 1. The Balaban J connectivity index is 0.000000206. The number of aromatic hydroxyl groups is 1. The van der Waals surface area contributed by atoms with E-state index in [1.165, 1.54) is 4.57 Å². The second-order valence-electron chi connectivity index (χ2n) is 4.96. The summed E-state index contributed by atoms with van der Waals surface area (Å²) in [5.41, 5.74) is -1.40. The number of nitro groups is 3. The molecule has 3 rings (SSSR count). The fourth-order valence-electron chi connectivity index (χ4n) is 1.91. The van der Waals surface area contributed by atoms with Crippen LogP contribution in [0.2, 0.25) is 0 Å². The third-order valence-corrected chi connectivity index (χ3v) is 3.10. The van der Waals surface area contributed by atoms with E-state index in [1.54, 1.807) is 12.3 Å². The van der Waals surface area contributed by atoms with Crippen LogP contribution in [0, 0.1) is 37.3 Å². The molecule has 27 heavy (non-hydrogen) atoms. The van der Waals surface area contributed by atoms with E-state index in [2.05, 4.69) is 9.51 Å². The number of phenols is 1. The van der Waals surface area contributed by atoms with Crippen molar-refractivity contribution < 1.29 is 24.4 Å². The standard InChI is InChI=1S/C7H6N2O2.C6H3N3O7/c1-5-2-3-9-6(4-5)8-7(10)11-9;10-6-4(8(13)14)1-3(7(11)12)2-5(6)9(15)16/h2-4H,1H3;1-2,10H. The molecule has 0 atom stereocenters. The highest BCUT2D eigenvalue weighted by molar-refractivity contribution is 5.64. The van der Waals surface area contributed by atoms with E-state index in [4.69, 9.17) is 5.11 Å². The van der Waals surface area contributed by atoms with Crippen LogP contribution in [0.15, 0.2) is 39.8 Å². The molecular formula is C13H9N5O9. The van der Waals surface area contributed by atoms with E-state index in [0.29, 0.717) is 17.8 Å². The normalized spacial score (nSPS) is 10.1. The van der Waals surface area contributed by atoms with Gasteiger partial charge in [-0.25, -0.2) is 4.79 Å². The maximum Gasteiger partial charge on any atom is 0.460 e. The zero-order chi connectivity index (χ0) is 20.3. The number of rotatable bonds is 3. The maximum absolute atomic E-state index is 10.6. The molecule has 14 heteroatoms. The van der Waals surface area contributed by atoms with Crippen LogP contribution < -0.4 is 5.76 Å². The number of hydrogen-bond donors (Lipinski definition) is 1. The predicted molar refractivity (Wildman–Crippen MR) is 86.5 cm³/mol. The number of phenolic OH excluding ortho intramolecular Hbond substituents is 1. The third kappa shape index (κ3) is 4.19. The summed E-state index contributed by atoms with van der Waals surface area (Å²) >= 11 is 0. The van der Waals surface area contributed by atoms with Crippen molar-refractivity contribution >= 4 is 22.7 Å². The van der Waals surface area contributed by atoms with Crippen molar-refractivity contribution in [1.29, 1.82) is 0 Å². The number of benzene rings is 1. The zero-order valence-electron chi connectivity index (χ0n) is 13.3. The Morgan fingerprint density at radius 3 is 2.07 bits per heavy atom. The number of aryl methyl sites for hydroxylation is 1. The molecule has 1 aromatic carbocycles. The van der Waals surface area contributed by atoms with E-state index >= 15 is 0 Å². The molecule has 0 radical (unpaired) electrons. The first-order chi connectivity index (χ1) is 12.6. The third-order valence-electron chi connectivity index (χ3n) is 3.10. The summed E-state index contributed by atoms with van der Waals surface area (Å²) in [6.45, 7) is 1.93. The lowest BCUT2D eigenvalue weighted by Gasteiger charge is -1.97. The van der Waals surface area contributed by atoms with Crippen molar-refractivity contribution in [1.82, 2.24) is 9.56 Å². The molecule has 0 aliphatic carbocycles. The van der Waals surface area contributed by atoms with Crippen molar-refractivity contribution in [3.05, 3.63) is 76.9 Å². The summed E-state index contributed by atoms with van der Waals surface area (Å²) in [6.07, 6.45) is 1.67. The first kappa shape index (κ1) is 19.0. The van der Waals surface area contributed by atoms with Gasteiger partial charge in [-0.3, -0.25) is 30.3 Å². The lowest BCUT2D eigenvalue weighted by Crippen LogP contribution is -1.97. The summed E-state index contributed by atoms with van der Waals surface area (Å²) in [5, 5.41) is 40.2. The molecule has 140 valence electrons. The van der Waals surface area contributed by atoms with Crippen molar-refractivity contribution in [2.24, 2.45) is 0 Å². The topological polar surface area (TPSA) is 197 Å². The molecule has 0 aliphatic rings. The minimum Gasteiger partial charge on any atom is -0.497 e. The van der Waals surface area contributed by atoms with Gasteiger partial charge in [-0.05, 0) is 24.6 Å². The van der Waals surface area contributed by atoms with Gasteiger partial charge in [0.05, 0.1) is 26.9 Å². The average molecular weight is 379 g/mol. The smallest absolute Gasteiger partial charge is 0.460 e. The molecule has 0 saturated heterocycles. The average Bonchev–Trinajstić information content (AvgIpc) is 2.94. The Morgan fingerprint density at radius 2 is 1.59 bits per heavy atom. The fourth-order valence-corrected chi connectivity index (χ4v) is 1.91. The van der Waals surface area contributed by atoms with Gasteiger partial charge in [-0.1, -0.05) is 0 Å². The molecule has 0 saturated carbocycles. The minimum absolute atomic E-state index is 0.447. The van der Waals surface area contributed by atoms with E-state index in [1.807, 2.05) is 13.0 Å². The van der Waals surface area contributed by atoms with Crippen molar-refractivity contribution in [2.45, 2.75) is 6.92 Å². The largest absolute Gasteiger partial charge is 0.497 e. The molecule has 14 nitrogen and oxygen atoms in total. The van der Waals surface area contributed by atoms with E-state index in [9.17, 15) is 35.1 Å². The lowest BCUT2D eigenvalue weighted by atomic mass is 10.2. The van der Waals surface area contributed by atoms with Crippen LogP contribution in [-0.2, 0) is 0 Å². The number of non-ortho nitro benzene ring substituents is 1. The van der Waals surface area contributed by atoms with Crippen LogP contribution in [-0.4, -0.2) is 29.4 Å².